The third kappa shape index (κ3) is 12.4. The van der Waals surface area contributed by atoms with Crippen LogP contribution in [-0.4, -0.2) is 119 Å². The number of carbonyl (C=O) groups excluding carboxylic acids is 8. The molecule has 20 nitrogen and oxygen atoms in total. The molecule has 7 rings (SSSR count). The lowest BCUT2D eigenvalue weighted by atomic mass is 9.85. The summed E-state index contributed by atoms with van der Waals surface area (Å²) in [6.45, 7) is 8.08. The summed E-state index contributed by atoms with van der Waals surface area (Å²) in [6.07, 6.45) is -10.9. The maximum absolute atomic E-state index is 15.0. The van der Waals surface area contributed by atoms with Gasteiger partial charge >= 0.3 is 47.8 Å². The van der Waals surface area contributed by atoms with Gasteiger partial charge in [-0.3, -0.25) is 38.4 Å². The molecule has 0 unspecified atom stereocenters. The maximum atomic E-state index is 15.0. The standard InChI is InChI=1S/C51H51Br2FN2O18/c1-23(57)65-21-41-44(67-25(3)59)46(69-27(5)61)48(71-29(7)63)50(73-41)55-19-37(35-17-32(52)11-15-39(35)55)43(31-9-13-34(54)14-10-31)38-20-56(40-16-12-33(53)18-36(38)40)51-49(72-30(8)64)47(70-28(6)62)45(68-26(4)60)42(74-51)22-66-24(2)58/h9-20,41-51H,21-22H2,1-8H3/t41-,42-,44-,45-,46+,47+,48-,49-,50-,51-/m1/s1. The van der Waals surface area contributed by atoms with Gasteiger partial charge in [-0.15, -0.1) is 0 Å². The van der Waals surface area contributed by atoms with Crippen molar-refractivity contribution >= 4 is 101 Å². The van der Waals surface area contributed by atoms with Crippen molar-refractivity contribution in [2.75, 3.05) is 13.2 Å². The molecule has 5 aromatic rings. The molecule has 74 heavy (non-hydrogen) atoms. The van der Waals surface area contributed by atoms with Crippen molar-refractivity contribution in [3.8, 4) is 0 Å². The molecule has 2 saturated heterocycles. The quantitative estimate of drug-likeness (QED) is 0.0761. The molecule has 2 aromatic heterocycles. The van der Waals surface area contributed by atoms with E-state index in [1.54, 1.807) is 57.9 Å². The summed E-state index contributed by atoms with van der Waals surface area (Å²) in [5.41, 5.74) is 2.51. The average molecular weight is 1160 g/mol. The lowest BCUT2D eigenvalue weighted by Crippen LogP contribution is -2.60. The molecule has 4 heterocycles. The fourth-order valence-electron chi connectivity index (χ4n) is 9.43. The van der Waals surface area contributed by atoms with E-state index in [2.05, 4.69) is 31.9 Å². The molecule has 0 N–H and O–H groups in total. The van der Waals surface area contributed by atoms with Crippen LogP contribution in [0.1, 0.15) is 90.5 Å². The number of fused-ring (bicyclic) bond motifs is 2. The van der Waals surface area contributed by atoms with Crippen LogP contribution in [0.3, 0.4) is 0 Å². The molecule has 0 amide bonds. The Kier molecular flexibility index (Phi) is 17.3. The molecule has 3 aromatic carbocycles. The van der Waals surface area contributed by atoms with E-state index in [1.165, 1.54) is 12.1 Å². The zero-order valence-electron chi connectivity index (χ0n) is 41.1. The highest BCUT2D eigenvalue weighted by Gasteiger charge is 2.55. The molecule has 0 spiro atoms. The lowest BCUT2D eigenvalue weighted by Gasteiger charge is -2.45. The van der Waals surface area contributed by atoms with Gasteiger partial charge in [0.15, 0.2) is 49.1 Å². The van der Waals surface area contributed by atoms with Crippen LogP contribution in [0, 0.1) is 5.82 Å². The number of esters is 8. The Labute approximate surface area is 439 Å². The Hall–Kier alpha value is -6.69. The average Bonchev–Trinajstić information content (AvgIpc) is 3.85. The number of carbonyl (C=O) groups is 8. The van der Waals surface area contributed by atoms with E-state index in [0.29, 0.717) is 47.4 Å². The summed E-state index contributed by atoms with van der Waals surface area (Å²) < 4.78 is 78.2. The molecule has 2 aliphatic heterocycles. The zero-order chi connectivity index (χ0) is 53.9. The van der Waals surface area contributed by atoms with Crippen LogP contribution in [0.25, 0.3) is 21.8 Å². The number of nitrogens with zero attached hydrogens (tertiary/aromatic N) is 2. The Balaban J connectivity index is 1.51. The fraction of sp³-hybridized carbons (Fsp3) is 0.412. The van der Waals surface area contributed by atoms with Gasteiger partial charge < -0.3 is 56.5 Å². The summed E-state index contributed by atoms with van der Waals surface area (Å²) in [4.78, 5) is 101. The number of benzene rings is 3. The summed E-state index contributed by atoms with van der Waals surface area (Å²) in [7, 11) is 0. The van der Waals surface area contributed by atoms with Crippen LogP contribution < -0.4 is 0 Å². The normalized spacial score (nSPS) is 23.6. The maximum Gasteiger partial charge on any atom is 0.303 e. The minimum Gasteiger partial charge on any atom is -0.463 e. The molecule has 0 aliphatic carbocycles. The molecule has 2 fully saturated rings. The summed E-state index contributed by atoms with van der Waals surface area (Å²) in [5.74, 6) is -7.72. The Morgan fingerprint density at radius 3 is 1.16 bits per heavy atom. The second-order valence-electron chi connectivity index (χ2n) is 17.5. The van der Waals surface area contributed by atoms with Crippen LogP contribution in [0.15, 0.2) is 82.0 Å². The summed E-state index contributed by atoms with van der Waals surface area (Å²) in [6, 6.07) is 16.4. The Morgan fingerprint density at radius 2 is 0.824 bits per heavy atom. The van der Waals surface area contributed by atoms with E-state index < -0.39 is 134 Å². The van der Waals surface area contributed by atoms with E-state index >= 15 is 0 Å². The van der Waals surface area contributed by atoms with Gasteiger partial charge in [0, 0.05) is 93.4 Å². The van der Waals surface area contributed by atoms with Gasteiger partial charge in [-0.25, -0.2) is 4.39 Å². The molecule has 10 atom stereocenters. The topological polar surface area (TPSA) is 239 Å². The number of hydrogen-bond acceptors (Lipinski definition) is 18. The predicted octanol–water partition coefficient (Wildman–Crippen LogP) is 6.95. The van der Waals surface area contributed by atoms with Crippen LogP contribution in [0.2, 0.25) is 0 Å². The van der Waals surface area contributed by atoms with Gasteiger partial charge in [0.2, 0.25) is 0 Å². The molecule has 0 saturated carbocycles. The number of rotatable bonds is 15. The van der Waals surface area contributed by atoms with Gasteiger partial charge in [0.05, 0.1) is 11.0 Å². The number of aromatic nitrogens is 2. The molecule has 0 bridgehead atoms. The van der Waals surface area contributed by atoms with Crippen molar-refractivity contribution in [2.45, 2.75) is 123 Å². The van der Waals surface area contributed by atoms with Crippen molar-refractivity contribution in [2.24, 2.45) is 0 Å². The second-order valence-corrected chi connectivity index (χ2v) is 19.3. The molecule has 0 radical (unpaired) electrons. The van der Waals surface area contributed by atoms with Crippen LogP contribution >= 0.6 is 31.9 Å². The second kappa shape index (κ2) is 23.2. The largest absolute Gasteiger partial charge is 0.463 e. The highest BCUT2D eigenvalue weighted by atomic mass is 79.9. The SMILES string of the molecule is CC(=O)OC[C@H]1O[C@@H](n2cc(C(c3ccc(F)cc3)c3cn([C@@H]4O[C@H](COC(C)=O)[C@@H](OC(C)=O)[C@H](OC(C)=O)[C@H]4OC(C)=O)c4ccc(Br)cc34)c3cc(Br)ccc32)[C@H](OC(C)=O)[C@@H](OC(C)=O)[C@@H]1OC(C)=O. The third-order valence-corrected chi connectivity index (χ3v) is 12.9. The first kappa shape index (κ1) is 55.1. The third-order valence-electron chi connectivity index (χ3n) is 12.0. The van der Waals surface area contributed by atoms with Gasteiger partial charge in [0.1, 0.15) is 31.2 Å². The van der Waals surface area contributed by atoms with Crippen molar-refractivity contribution in [1.29, 1.82) is 0 Å². The van der Waals surface area contributed by atoms with E-state index in [9.17, 15) is 42.7 Å². The minimum atomic E-state index is -1.51. The Bertz CT molecular complexity index is 2820. The highest BCUT2D eigenvalue weighted by molar-refractivity contribution is 9.10. The highest BCUT2D eigenvalue weighted by Crippen LogP contribution is 2.47. The monoisotopic (exact) mass is 1160 g/mol. The Morgan fingerprint density at radius 1 is 0.486 bits per heavy atom. The number of hydrogen-bond donors (Lipinski definition) is 0. The zero-order valence-corrected chi connectivity index (χ0v) is 44.2. The van der Waals surface area contributed by atoms with E-state index in [-0.39, 0.29) is 0 Å². The number of halogens is 3. The fourth-order valence-corrected chi connectivity index (χ4v) is 10.2. The van der Waals surface area contributed by atoms with Crippen molar-refractivity contribution in [3.63, 3.8) is 0 Å². The predicted molar refractivity (Wildman–Crippen MR) is 261 cm³/mol. The summed E-state index contributed by atoms with van der Waals surface area (Å²) >= 11 is 7.24. The smallest absolute Gasteiger partial charge is 0.303 e. The van der Waals surface area contributed by atoms with Crippen molar-refractivity contribution in [3.05, 3.63) is 105 Å². The molecular formula is C51H51Br2FN2O18. The van der Waals surface area contributed by atoms with Crippen molar-refractivity contribution in [1.82, 2.24) is 9.13 Å². The molecule has 394 valence electrons. The van der Waals surface area contributed by atoms with E-state index in [4.69, 9.17) is 47.4 Å². The first-order valence-electron chi connectivity index (χ1n) is 23.0. The van der Waals surface area contributed by atoms with Gasteiger partial charge in [-0.2, -0.15) is 0 Å². The van der Waals surface area contributed by atoms with Crippen LogP contribution in [0.5, 0.6) is 0 Å². The number of ether oxygens (including phenoxy) is 10. The molecule has 23 heteroatoms. The lowest BCUT2D eigenvalue weighted by molar-refractivity contribution is -0.267. The van der Waals surface area contributed by atoms with Gasteiger partial charge in [-0.05, 0) is 65.2 Å². The van der Waals surface area contributed by atoms with Gasteiger partial charge in [0.25, 0.3) is 0 Å². The van der Waals surface area contributed by atoms with Crippen LogP contribution in [0.4, 0.5) is 4.39 Å². The first-order chi connectivity index (χ1) is 35.0. The molecule has 2 aliphatic rings. The van der Waals surface area contributed by atoms with Crippen LogP contribution in [-0.2, 0) is 85.7 Å². The first-order valence-corrected chi connectivity index (χ1v) is 24.6. The van der Waals surface area contributed by atoms with Crippen molar-refractivity contribution < 1.29 is 90.1 Å². The van der Waals surface area contributed by atoms with E-state index in [0.717, 1.165) is 55.4 Å². The molecular weight excluding hydrogens is 1110 g/mol. The minimum absolute atomic E-state index is 0.459. The summed E-state index contributed by atoms with van der Waals surface area (Å²) in [5, 5.41) is 1.12. The van der Waals surface area contributed by atoms with E-state index in [1.807, 2.05) is 12.1 Å². The van der Waals surface area contributed by atoms with Gasteiger partial charge in [-0.1, -0.05) is 44.0 Å².